The molecule has 3 atom stereocenters. The summed E-state index contributed by atoms with van der Waals surface area (Å²) in [5.74, 6) is 2.66. The smallest absolute Gasteiger partial charge is 0.154 e. The van der Waals surface area contributed by atoms with E-state index in [0.717, 1.165) is 49.3 Å². The van der Waals surface area contributed by atoms with Gasteiger partial charge in [0.2, 0.25) is 0 Å². The number of likely N-dealkylation sites (N-methyl/N-ethyl adjacent to an activating group) is 1. The lowest BCUT2D eigenvalue weighted by Crippen LogP contribution is -2.61. The van der Waals surface area contributed by atoms with Crippen LogP contribution in [0.2, 0.25) is 0 Å². The van der Waals surface area contributed by atoms with Gasteiger partial charge in [-0.15, -0.1) is 4.91 Å². The monoisotopic (exact) mass is 358 g/mol. The lowest BCUT2D eigenvalue weighted by Gasteiger charge is -2.58. The van der Waals surface area contributed by atoms with E-state index >= 15 is 0 Å². The minimum atomic E-state index is -0.374. The fraction of sp³-hybridized carbons (Fsp3) is 0.600. The van der Waals surface area contributed by atoms with Crippen LogP contribution in [0.25, 0.3) is 0 Å². The molecule has 4 rings (SSSR count). The van der Waals surface area contributed by atoms with E-state index in [4.69, 9.17) is 14.2 Å². The summed E-state index contributed by atoms with van der Waals surface area (Å²) in [6.07, 6.45) is 3.67. The first-order chi connectivity index (χ1) is 12.6. The van der Waals surface area contributed by atoms with Crippen molar-refractivity contribution in [2.45, 2.75) is 37.1 Å². The highest BCUT2D eigenvalue weighted by atomic mass is 16.5. The minimum absolute atomic E-state index is 0.371. The molecule has 0 saturated carbocycles. The van der Waals surface area contributed by atoms with E-state index in [9.17, 15) is 4.91 Å². The van der Waals surface area contributed by atoms with E-state index < -0.39 is 0 Å². The van der Waals surface area contributed by atoms with Gasteiger partial charge in [0.1, 0.15) is 17.3 Å². The number of methoxy groups -OCH3 is 3. The second-order valence-corrected chi connectivity index (χ2v) is 7.52. The van der Waals surface area contributed by atoms with Gasteiger partial charge >= 0.3 is 0 Å². The topological polar surface area (TPSA) is 60.4 Å². The molecule has 26 heavy (non-hydrogen) atoms. The number of hydrogen-bond donors (Lipinski definition) is 0. The second kappa shape index (κ2) is 6.27. The van der Waals surface area contributed by atoms with Gasteiger partial charge in [0, 0.05) is 18.0 Å². The first kappa shape index (κ1) is 17.3. The average molecular weight is 358 g/mol. The maximum atomic E-state index is 11.9. The Morgan fingerprint density at radius 3 is 2.65 bits per heavy atom. The summed E-state index contributed by atoms with van der Waals surface area (Å²) in [5, 5.41) is 3.42. The Bertz CT molecular complexity index is 775. The van der Waals surface area contributed by atoms with E-state index in [0.29, 0.717) is 23.4 Å². The van der Waals surface area contributed by atoms with Crippen LogP contribution in [0.1, 0.15) is 30.4 Å². The third-order valence-electron chi connectivity index (χ3n) is 6.73. The molecule has 1 aromatic carbocycles. The van der Waals surface area contributed by atoms with Gasteiger partial charge in [-0.2, -0.15) is 0 Å². The van der Waals surface area contributed by atoms with Crippen LogP contribution in [0.4, 0.5) is 5.69 Å². The Kier molecular flexibility index (Phi) is 4.18. The fourth-order valence-electron chi connectivity index (χ4n) is 5.68. The Morgan fingerprint density at radius 2 is 2.00 bits per heavy atom. The maximum Gasteiger partial charge on any atom is 0.154 e. The number of allylic oxidation sites excluding steroid dienone is 2. The summed E-state index contributed by atoms with van der Waals surface area (Å²) < 4.78 is 17.1. The van der Waals surface area contributed by atoms with Crippen LogP contribution in [0.15, 0.2) is 28.8 Å². The van der Waals surface area contributed by atoms with Crippen molar-refractivity contribution in [1.82, 2.24) is 4.90 Å². The van der Waals surface area contributed by atoms with E-state index in [1.165, 1.54) is 5.56 Å². The largest absolute Gasteiger partial charge is 0.498 e. The highest BCUT2D eigenvalue weighted by molar-refractivity contribution is 5.67. The van der Waals surface area contributed by atoms with Crippen LogP contribution in [0, 0.1) is 10.8 Å². The standard InChI is InChI=1S/C20H26N2O4/c1-22-10-9-20-13(6-8-16(25-3)19(20)26-4)14(22)11-12-5-7-15(24-2)18(21-23)17(12)20/h5,7,13-14H,6,8-11H2,1-4H3/t13?,14?,20-/m1/s1. The highest BCUT2D eigenvalue weighted by Gasteiger charge is 2.59. The van der Waals surface area contributed by atoms with E-state index in [1.807, 2.05) is 6.07 Å². The molecule has 2 unspecified atom stereocenters. The van der Waals surface area contributed by atoms with Crippen molar-refractivity contribution in [2.24, 2.45) is 11.1 Å². The molecule has 6 heteroatoms. The molecule has 0 N–H and O–H groups in total. The number of rotatable bonds is 4. The second-order valence-electron chi connectivity index (χ2n) is 7.52. The van der Waals surface area contributed by atoms with Crippen LogP contribution in [0.5, 0.6) is 5.75 Å². The first-order valence-electron chi connectivity index (χ1n) is 9.17. The van der Waals surface area contributed by atoms with Crippen LogP contribution in [0.3, 0.4) is 0 Å². The molecule has 0 amide bonds. The number of ether oxygens (including phenoxy) is 3. The summed E-state index contributed by atoms with van der Waals surface area (Å²) in [7, 11) is 7.19. The molecule has 1 saturated heterocycles. The summed E-state index contributed by atoms with van der Waals surface area (Å²) in [6.45, 7) is 0.944. The van der Waals surface area contributed by atoms with Gasteiger partial charge in [-0.1, -0.05) is 6.07 Å². The van der Waals surface area contributed by atoms with Crippen molar-refractivity contribution >= 4 is 5.69 Å². The van der Waals surface area contributed by atoms with Crippen molar-refractivity contribution in [2.75, 3.05) is 34.9 Å². The van der Waals surface area contributed by atoms with E-state index in [2.05, 4.69) is 23.2 Å². The zero-order valence-corrected chi connectivity index (χ0v) is 15.9. The fourth-order valence-corrected chi connectivity index (χ4v) is 5.68. The van der Waals surface area contributed by atoms with Crippen molar-refractivity contribution in [3.8, 4) is 5.75 Å². The molecule has 1 aromatic rings. The van der Waals surface area contributed by atoms with Gasteiger partial charge in [-0.25, -0.2) is 0 Å². The lowest BCUT2D eigenvalue weighted by atomic mass is 9.53. The van der Waals surface area contributed by atoms with Gasteiger partial charge in [-0.3, -0.25) is 0 Å². The lowest BCUT2D eigenvalue weighted by molar-refractivity contribution is -0.00410. The van der Waals surface area contributed by atoms with Crippen LogP contribution >= 0.6 is 0 Å². The molecular formula is C20H26N2O4. The Labute approximate surface area is 154 Å². The average Bonchev–Trinajstić information content (AvgIpc) is 2.68. The third-order valence-corrected chi connectivity index (χ3v) is 6.73. The maximum absolute atomic E-state index is 11.9. The van der Waals surface area contributed by atoms with Gasteiger partial charge < -0.3 is 19.1 Å². The van der Waals surface area contributed by atoms with Crippen molar-refractivity contribution in [1.29, 1.82) is 0 Å². The molecule has 0 aromatic heterocycles. The highest BCUT2D eigenvalue weighted by Crippen LogP contribution is 2.61. The Hall–Kier alpha value is -2.08. The van der Waals surface area contributed by atoms with Gasteiger partial charge in [0.15, 0.2) is 5.69 Å². The molecule has 140 valence electrons. The predicted octanol–water partition coefficient (Wildman–Crippen LogP) is 3.51. The molecule has 1 aliphatic heterocycles. The Morgan fingerprint density at radius 1 is 1.19 bits per heavy atom. The summed E-state index contributed by atoms with van der Waals surface area (Å²) in [6, 6.07) is 4.37. The minimum Gasteiger partial charge on any atom is -0.498 e. The van der Waals surface area contributed by atoms with Crippen molar-refractivity contribution in [3.05, 3.63) is 39.7 Å². The number of benzene rings is 1. The zero-order valence-electron chi connectivity index (χ0n) is 15.9. The molecule has 1 heterocycles. The molecule has 1 fully saturated rings. The summed E-state index contributed by atoms with van der Waals surface area (Å²) >= 11 is 0. The third kappa shape index (κ3) is 2.08. The van der Waals surface area contributed by atoms with Crippen LogP contribution < -0.4 is 4.74 Å². The van der Waals surface area contributed by atoms with Gasteiger partial charge in [0.25, 0.3) is 0 Å². The van der Waals surface area contributed by atoms with Crippen molar-refractivity contribution < 1.29 is 14.2 Å². The van der Waals surface area contributed by atoms with Crippen LogP contribution in [-0.2, 0) is 21.3 Å². The molecular weight excluding hydrogens is 332 g/mol. The van der Waals surface area contributed by atoms with E-state index in [1.54, 1.807) is 21.3 Å². The molecule has 6 nitrogen and oxygen atoms in total. The van der Waals surface area contributed by atoms with Gasteiger partial charge in [-0.05, 0) is 55.6 Å². The normalized spacial score (nSPS) is 30.3. The molecule has 2 bridgehead atoms. The van der Waals surface area contributed by atoms with Crippen LogP contribution in [-0.4, -0.2) is 45.9 Å². The number of nitrogens with zero attached hydrogens (tertiary/aromatic N) is 2. The van der Waals surface area contributed by atoms with Gasteiger partial charge in [0.05, 0.1) is 26.7 Å². The number of nitroso groups, excluding NO2 is 1. The van der Waals surface area contributed by atoms with Crippen molar-refractivity contribution in [3.63, 3.8) is 0 Å². The SMILES string of the molecule is COC1=C(OC)[C@@]23CCN(C)C(Cc4ccc(OC)c(N=O)c42)C3CC1. The molecule has 0 radical (unpaired) electrons. The number of piperidine rings is 1. The number of fused-ring (bicyclic) bond motifs is 1. The summed E-state index contributed by atoms with van der Waals surface area (Å²) in [4.78, 5) is 14.3. The molecule has 3 aliphatic rings. The van der Waals surface area contributed by atoms with E-state index in [-0.39, 0.29) is 5.41 Å². The number of likely N-dealkylation sites (tertiary alicyclic amines) is 1. The molecule has 0 spiro atoms. The summed E-state index contributed by atoms with van der Waals surface area (Å²) in [5.41, 5.74) is 2.21. The zero-order chi connectivity index (χ0) is 18.5. The quantitative estimate of drug-likeness (QED) is 0.771. The molecule has 2 aliphatic carbocycles. The predicted molar refractivity (Wildman–Crippen MR) is 98.6 cm³/mol. The number of hydrogen-bond acceptors (Lipinski definition) is 6. The first-order valence-corrected chi connectivity index (χ1v) is 9.17. The Balaban J connectivity index is 2.07.